The van der Waals surface area contributed by atoms with Gasteiger partial charge in [-0.2, -0.15) is 0 Å². The molecule has 0 aliphatic carbocycles. The predicted molar refractivity (Wildman–Crippen MR) is 99.7 cm³/mol. The van der Waals surface area contributed by atoms with Crippen molar-refractivity contribution in [1.82, 2.24) is 14.9 Å². The van der Waals surface area contributed by atoms with Crippen molar-refractivity contribution in [2.45, 2.75) is 39.2 Å². The smallest absolute Gasteiger partial charge is 0.226 e. The summed E-state index contributed by atoms with van der Waals surface area (Å²) < 4.78 is 14.5. The van der Waals surface area contributed by atoms with Crippen molar-refractivity contribution >= 4 is 23.1 Å². The van der Waals surface area contributed by atoms with Gasteiger partial charge < -0.3 is 9.80 Å². The second-order valence-electron chi connectivity index (χ2n) is 6.95. The van der Waals surface area contributed by atoms with Crippen LogP contribution in [-0.2, 0) is 24.2 Å². The first kappa shape index (κ1) is 17.4. The van der Waals surface area contributed by atoms with Crippen molar-refractivity contribution in [2.24, 2.45) is 5.92 Å². The van der Waals surface area contributed by atoms with Crippen LogP contribution in [0, 0.1) is 11.7 Å². The number of halogens is 1. The highest BCUT2D eigenvalue weighted by atomic mass is 32.1. The molecule has 0 atom stereocenters. The molecule has 2 aliphatic rings. The average molecular weight is 374 g/mol. The van der Waals surface area contributed by atoms with Crippen LogP contribution >= 0.6 is 11.3 Å². The molecule has 0 saturated carbocycles. The number of carbonyl (C=O) groups is 1. The van der Waals surface area contributed by atoms with Gasteiger partial charge in [-0.1, -0.05) is 6.92 Å². The maximum Gasteiger partial charge on any atom is 0.226 e. The van der Waals surface area contributed by atoms with E-state index in [-0.39, 0.29) is 17.6 Å². The fourth-order valence-electron chi connectivity index (χ4n) is 3.90. The number of aromatic nitrogens is 2. The molecule has 2 aromatic heterocycles. The van der Waals surface area contributed by atoms with Gasteiger partial charge in [0.25, 0.3) is 0 Å². The van der Waals surface area contributed by atoms with Crippen LogP contribution in [0.2, 0.25) is 0 Å². The number of anilines is 1. The Labute approximate surface area is 156 Å². The maximum atomic E-state index is 14.5. The van der Waals surface area contributed by atoms with Gasteiger partial charge in [0.15, 0.2) is 11.6 Å². The van der Waals surface area contributed by atoms with Gasteiger partial charge in [0.05, 0.1) is 5.69 Å². The van der Waals surface area contributed by atoms with E-state index in [4.69, 9.17) is 0 Å². The summed E-state index contributed by atoms with van der Waals surface area (Å²) in [5.41, 5.74) is 1.75. The number of fused-ring (bicyclic) bond motifs is 1. The number of hydrogen-bond acceptors (Lipinski definition) is 5. The zero-order chi connectivity index (χ0) is 18.1. The second kappa shape index (κ2) is 7.31. The molecular weight excluding hydrogens is 351 g/mol. The van der Waals surface area contributed by atoms with Crippen LogP contribution in [0.5, 0.6) is 0 Å². The molecule has 4 rings (SSSR count). The molecule has 1 amide bonds. The van der Waals surface area contributed by atoms with Gasteiger partial charge in [0.2, 0.25) is 5.91 Å². The van der Waals surface area contributed by atoms with E-state index in [1.54, 1.807) is 11.3 Å². The number of nitrogens with zero attached hydrogens (tertiary/aromatic N) is 4. The van der Waals surface area contributed by atoms with E-state index in [0.717, 1.165) is 32.4 Å². The minimum absolute atomic E-state index is 0.0296. The quantitative estimate of drug-likeness (QED) is 0.829. The van der Waals surface area contributed by atoms with Crippen molar-refractivity contribution in [2.75, 3.05) is 24.5 Å². The molecule has 1 fully saturated rings. The van der Waals surface area contributed by atoms with E-state index < -0.39 is 0 Å². The summed E-state index contributed by atoms with van der Waals surface area (Å²) in [6.07, 6.45) is 4.44. The fraction of sp³-hybridized carbons (Fsp3) is 0.526. The van der Waals surface area contributed by atoms with Crippen molar-refractivity contribution in [1.29, 1.82) is 0 Å². The lowest BCUT2D eigenvalue weighted by Crippen LogP contribution is -2.44. The van der Waals surface area contributed by atoms with Crippen LogP contribution in [-0.4, -0.2) is 40.4 Å². The molecular formula is C19H23FN4OS. The highest BCUT2D eigenvalue weighted by Gasteiger charge is 2.31. The molecule has 1 saturated heterocycles. The molecule has 0 spiro atoms. The Morgan fingerprint density at radius 2 is 2.12 bits per heavy atom. The van der Waals surface area contributed by atoms with Gasteiger partial charge in [0, 0.05) is 37.0 Å². The molecule has 4 heterocycles. The Balaban J connectivity index is 1.39. The normalized spacial score (nSPS) is 18.1. The highest BCUT2D eigenvalue weighted by Crippen LogP contribution is 2.29. The molecule has 138 valence electrons. The van der Waals surface area contributed by atoms with E-state index in [1.165, 1.54) is 16.8 Å². The number of piperidine rings is 1. The third-order valence-electron chi connectivity index (χ3n) is 5.44. The van der Waals surface area contributed by atoms with Gasteiger partial charge in [-0.3, -0.25) is 4.79 Å². The molecule has 5 nitrogen and oxygen atoms in total. The van der Waals surface area contributed by atoms with Gasteiger partial charge >= 0.3 is 0 Å². The first-order valence-electron chi connectivity index (χ1n) is 9.25. The number of thiophene rings is 1. The van der Waals surface area contributed by atoms with Gasteiger partial charge in [-0.15, -0.1) is 11.3 Å². The maximum absolute atomic E-state index is 14.5. The Morgan fingerprint density at radius 3 is 2.88 bits per heavy atom. The van der Waals surface area contributed by atoms with Crippen molar-refractivity contribution in [3.05, 3.63) is 39.7 Å². The summed E-state index contributed by atoms with van der Waals surface area (Å²) in [6, 6.07) is 2.13. The Hall–Kier alpha value is -2.02. The molecule has 0 radical (unpaired) electrons. The number of amides is 1. The number of hydrogen-bond donors (Lipinski definition) is 0. The standard InChI is InChI=1S/C19H23FN4OS/c1-2-15-17(20)18(22-12-21-15)23-7-3-13(4-8-23)19(25)24-9-5-16-14(11-24)6-10-26-16/h6,10,12-13H,2-5,7-9,11H2,1H3. The monoisotopic (exact) mass is 374 g/mol. The number of carbonyl (C=O) groups excluding carboxylic acids is 1. The van der Waals surface area contributed by atoms with Crippen molar-refractivity contribution < 1.29 is 9.18 Å². The molecule has 0 bridgehead atoms. The van der Waals surface area contributed by atoms with E-state index in [9.17, 15) is 9.18 Å². The van der Waals surface area contributed by atoms with Crippen LogP contribution in [0.3, 0.4) is 0 Å². The third kappa shape index (κ3) is 3.20. The summed E-state index contributed by atoms with van der Waals surface area (Å²) in [6.45, 7) is 4.75. The summed E-state index contributed by atoms with van der Waals surface area (Å²) >= 11 is 1.78. The van der Waals surface area contributed by atoms with Gasteiger partial charge in [-0.25, -0.2) is 14.4 Å². The topological polar surface area (TPSA) is 49.3 Å². The third-order valence-corrected chi connectivity index (χ3v) is 6.46. The molecule has 2 aromatic rings. The number of rotatable bonds is 3. The lowest BCUT2D eigenvalue weighted by molar-refractivity contribution is -0.137. The average Bonchev–Trinajstić information content (AvgIpc) is 3.15. The van der Waals surface area contributed by atoms with Crippen LogP contribution in [0.15, 0.2) is 17.8 Å². The van der Waals surface area contributed by atoms with Crippen molar-refractivity contribution in [3.8, 4) is 0 Å². The molecule has 0 N–H and O–H groups in total. The molecule has 7 heteroatoms. The molecule has 0 unspecified atom stereocenters. The Morgan fingerprint density at radius 1 is 1.31 bits per heavy atom. The second-order valence-corrected chi connectivity index (χ2v) is 7.95. The van der Waals surface area contributed by atoms with Crippen molar-refractivity contribution in [3.63, 3.8) is 0 Å². The van der Waals surface area contributed by atoms with Crippen LogP contribution < -0.4 is 4.90 Å². The Kier molecular flexibility index (Phi) is 4.89. The Bertz CT molecular complexity index is 801. The zero-order valence-electron chi connectivity index (χ0n) is 14.9. The largest absolute Gasteiger partial charge is 0.354 e. The summed E-state index contributed by atoms with van der Waals surface area (Å²) in [4.78, 5) is 26.4. The predicted octanol–water partition coefficient (Wildman–Crippen LogP) is 3.04. The molecule has 2 aliphatic heterocycles. The van der Waals surface area contributed by atoms with Crippen LogP contribution in [0.1, 0.15) is 35.9 Å². The van der Waals surface area contributed by atoms with Gasteiger partial charge in [-0.05, 0) is 42.7 Å². The summed E-state index contributed by atoms with van der Waals surface area (Å²) in [5, 5.41) is 2.11. The summed E-state index contributed by atoms with van der Waals surface area (Å²) in [7, 11) is 0. The zero-order valence-corrected chi connectivity index (χ0v) is 15.8. The number of aryl methyl sites for hydroxylation is 1. The van der Waals surface area contributed by atoms with E-state index in [0.29, 0.717) is 31.0 Å². The van der Waals surface area contributed by atoms with E-state index in [1.807, 2.05) is 16.7 Å². The van der Waals surface area contributed by atoms with Gasteiger partial charge in [0.1, 0.15) is 6.33 Å². The van der Waals surface area contributed by atoms with Crippen LogP contribution in [0.4, 0.5) is 10.2 Å². The lowest BCUT2D eigenvalue weighted by atomic mass is 9.94. The lowest BCUT2D eigenvalue weighted by Gasteiger charge is -2.36. The van der Waals surface area contributed by atoms with E-state index >= 15 is 0 Å². The minimum atomic E-state index is -0.319. The molecule has 0 aromatic carbocycles. The first-order valence-corrected chi connectivity index (χ1v) is 10.1. The summed E-state index contributed by atoms with van der Waals surface area (Å²) in [5.74, 6) is 0.338. The van der Waals surface area contributed by atoms with E-state index in [2.05, 4.69) is 21.4 Å². The first-order chi connectivity index (χ1) is 12.7. The SMILES string of the molecule is CCc1ncnc(N2CCC(C(=O)N3CCc4sccc4C3)CC2)c1F. The minimum Gasteiger partial charge on any atom is -0.354 e. The molecule has 26 heavy (non-hydrogen) atoms. The highest BCUT2D eigenvalue weighted by molar-refractivity contribution is 7.10. The van der Waals surface area contributed by atoms with Crippen LogP contribution in [0.25, 0.3) is 0 Å². The fourth-order valence-corrected chi connectivity index (χ4v) is 4.79.